The maximum Gasteiger partial charge on any atom is 0.223 e. The van der Waals surface area contributed by atoms with Crippen LogP contribution in [0.25, 0.3) is 0 Å². The molecule has 2 fully saturated rings. The first kappa shape index (κ1) is 11.9. The molecule has 0 heterocycles. The Morgan fingerprint density at radius 1 is 1.06 bits per heavy atom. The lowest BCUT2D eigenvalue weighted by atomic mass is 9.78. The van der Waals surface area contributed by atoms with Gasteiger partial charge in [-0.25, -0.2) is 0 Å². The number of nitrogens with two attached hydrogens (primary N) is 1. The lowest BCUT2D eigenvalue weighted by molar-refractivity contribution is -0.128. The fourth-order valence-electron chi connectivity index (χ4n) is 3.21. The molecule has 2 aliphatic carbocycles. The number of hydrogen-bond acceptors (Lipinski definition) is 2. The van der Waals surface area contributed by atoms with E-state index in [2.05, 4.69) is 5.32 Å². The van der Waals surface area contributed by atoms with Crippen molar-refractivity contribution >= 4 is 5.91 Å². The van der Waals surface area contributed by atoms with E-state index in [1.807, 2.05) is 0 Å². The van der Waals surface area contributed by atoms with Gasteiger partial charge < -0.3 is 11.1 Å². The summed E-state index contributed by atoms with van der Waals surface area (Å²) in [6, 6.07) is 0.452. The molecule has 0 aromatic heterocycles. The molecule has 2 aliphatic rings. The quantitative estimate of drug-likeness (QED) is 0.768. The Bertz CT molecular complexity index is 236. The number of carbonyl (C=O) groups is 1. The first-order valence-corrected chi connectivity index (χ1v) is 6.81. The SMILES string of the molecule is NCC1CCCCC1C(=O)NC1CCCC1. The predicted octanol–water partition coefficient (Wildman–Crippen LogP) is 1.81. The van der Waals surface area contributed by atoms with Crippen LogP contribution in [0.2, 0.25) is 0 Å². The van der Waals surface area contributed by atoms with Crippen molar-refractivity contribution in [3.8, 4) is 0 Å². The topological polar surface area (TPSA) is 55.1 Å². The Labute approximate surface area is 98.2 Å². The highest BCUT2D eigenvalue weighted by molar-refractivity contribution is 5.79. The first-order chi connectivity index (χ1) is 7.81. The molecule has 0 bridgehead atoms. The van der Waals surface area contributed by atoms with E-state index in [-0.39, 0.29) is 11.8 Å². The van der Waals surface area contributed by atoms with Crippen molar-refractivity contribution in [3.63, 3.8) is 0 Å². The van der Waals surface area contributed by atoms with Gasteiger partial charge in [0, 0.05) is 12.0 Å². The third kappa shape index (κ3) is 2.76. The molecule has 0 spiro atoms. The molecular formula is C13H24N2O. The molecule has 2 rings (SSSR count). The highest BCUT2D eigenvalue weighted by Gasteiger charge is 2.31. The Morgan fingerprint density at radius 2 is 1.69 bits per heavy atom. The van der Waals surface area contributed by atoms with Gasteiger partial charge in [-0.15, -0.1) is 0 Å². The minimum Gasteiger partial charge on any atom is -0.353 e. The van der Waals surface area contributed by atoms with Crippen molar-refractivity contribution < 1.29 is 4.79 Å². The van der Waals surface area contributed by atoms with Gasteiger partial charge in [0.2, 0.25) is 5.91 Å². The van der Waals surface area contributed by atoms with Crippen LogP contribution in [-0.2, 0) is 4.79 Å². The maximum atomic E-state index is 12.2. The van der Waals surface area contributed by atoms with Gasteiger partial charge in [0.15, 0.2) is 0 Å². The predicted molar refractivity (Wildman–Crippen MR) is 64.9 cm³/mol. The normalized spacial score (nSPS) is 31.6. The zero-order valence-electron chi connectivity index (χ0n) is 10.1. The lowest BCUT2D eigenvalue weighted by Gasteiger charge is -2.30. The zero-order chi connectivity index (χ0) is 11.4. The smallest absolute Gasteiger partial charge is 0.223 e. The third-order valence-electron chi connectivity index (χ3n) is 4.25. The lowest BCUT2D eigenvalue weighted by Crippen LogP contribution is -2.42. The van der Waals surface area contributed by atoms with Crippen LogP contribution in [0.4, 0.5) is 0 Å². The van der Waals surface area contributed by atoms with Gasteiger partial charge in [0.1, 0.15) is 0 Å². The standard InChI is InChI=1S/C13H24N2O/c14-9-10-5-1-4-8-12(10)13(16)15-11-6-2-3-7-11/h10-12H,1-9,14H2,(H,15,16). The van der Waals surface area contributed by atoms with Crippen molar-refractivity contribution in [2.24, 2.45) is 17.6 Å². The van der Waals surface area contributed by atoms with E-state index in [9.17, 15) is 4.79 Å². The van der Waals surface area contributed by atoms with Crippen molar-refractivity contribution in [1.82, 2.24) is 5.32 Å². The fourth-order valence-corrected chi connectivity index (χ4v) is 3.21. The highest BCUT2D eigenvalue weighted by Crippen LogP contribution is 2.30. The first-order valence-electron chi connectivity index (χ1n) is 6.81. The summed E-state index contributed by atoms with van der Waals surface area (Å²) >= 11 is 0. The molecule has 0 radical (unpaired) electrons. The number of rotatable bonds is 3. The van der Waals surface area contributed by atoms with E-state index < -0.39 is 0 Å². The molecule has 0 aliphatic heterocycles. The van der Waals surface area contributed by atoms with Crippen LogP contribution in [0.1, 0.15) is 51.4 Å². The van der Waals surface area contributed by atoms with E-state index in [4.69, 9.17) is 5.73 Å². The van der Waals surface area contributed by atoms with Crippen molar-refractivity contribution in [2.75, 3.05) is 6.54 Å². The zero-order valence-corrected chi connectivity index (χ0v) is 10.1. The van der Waals surface area contributed by atoms with Crippen molar-refractivity contribution in [1.29, 1.82) is 0 Å². The average molecular weight is 224 g/mol. The molecule has 0 aromatic rings. The van der Waals surface area contributed by atoms with E-state index in [0.717, 1.165) is 12.8 Å². The van der Waals surface area contributed by atoms with E-state index in [0.29, 0.717) is 18.5 Å². The van der Waals surface area contributed by atoms with E-state index in [1.165, 1.54) is 38.5 Å². The average Bonchev–Trinajstić information content (AvgIpc) is 2.81. The summed E-state index contributed by atoms with van der Waals surface area (Å²) in [6.45, 7) is 0.669. The van der Waals surface area contributed by atoms with Gasteiger partial charge >= 0.3 is 0 Å². The Morgan fingerprint density at radius 3 is 2.38 bits per heavy atom. The van der Waals surface area contributed by atoms with Gasteiger partial charge in [-0.05, 0) is 38.1 Å². The van der Waals surface area contributed by atoms with Crippen LogP contribution in [0.5, 0.6) is 0 Å². The van der Waals surface area contributed by atoms with Gasteiger partial charge in [0.25, 0.3) is 0 Å². The molecule has 0 aromatic carbocycles. The molecule has 1 amide bonds. The van der Waals surface area contributed by atoms with Crippen LogP contribution in [0, 0.1) is 11.8 Å². The van der Waals surface area contributed by atoms with Gasteiger partial charge in [-0.3, -0.25) is 4.79 Å². The monoisotopic (exact) mass is 224 g/mol. The Kier molecular flexibility index (Phi) is 4.22. The fraction of sp³-hybridized carbons (Fsp3) is 0.923. The minimum absolute atomic E-state index is 0.194. The molecule has 16 heavy (non-hydrogen) atoms. The summed E-state index contributed by atoms with van der Waals surface area (Å²) in [6.07, 6.45) is 9.51. The van der Waals surface area contributed by atoms with Crippen LogP contribution in [-0.4, -0.2) is 18.5 Å². The number of carbonyl (C=O) groups excluding carboxylic acids is 1. The molecule has 3 heteroatoms. The van der Waals surface area contributed by atoms with E-state index in [1.54, 1.807) is 0 Å². The van der Waals surface area contributed by atoms with Gasteiger partial charge in [-0.2, -0.15) is 0 Å². The second-order valence-corrected chi connectivity index (χ2v) is 5.38. The third-order valence-corrected chi connectivity index (χ3v) is 4.25. The van der Waals surface area contributed by atoms with Gasteiger partial charge in [-0.1, -0.05) is 25.7 Å². The molecule has 3 N–H and O–H groups in total. The minimum atomic E-state index is 0.194. The van der Waals surface area contributed by atoms with E-state index >= 15 is 0 Å². The largest absolute Gasteiger partial charge is 0.353 e. The molecule has 2 atom stereocenters. The molecule has 2 saturated carbocycles. The molecule has 2 unspecified atom stereocenters. The summed E-state index contributed by atoms with van der Waals surface area (Å²) in [4.78, 5) is 12.2. The highest BCUT2D eigenvalue weighted by atomic mass is 16.2. The second kappa shape index (κ2) is 5.67. The Balaban J connectivity index is 1.86. The molecular weight excluding hydrogens is 200 g/mol. The summed E-state index contributed by atoms with van der Waals surface area (Å²) < 4.78 is 0. The maximum absolute atomic E-state index is 12.2. The van der Waals surface area contributed by atoms with Crippen molar-refractivity contribution in [2.45, 2.75) is 57.4 Å². The number of nitrogens with one attached hydrogen (secondary N) is 1. The van der Waals surface area contributed by atoms with Crippen molar-refractivity contribution in [3.05, 3.63) is 0 Å². The van der Waals surface area contributed by atoms with Crippen LogP contribution in [0.3, 0.4) is 0 Å². The number of amides is 1. The number of hydrogen-bond donors (Lipinski definition) is 2. The van der Waals surface area contributed by atoms with Crippen LogP contribution < -0.4 is 11.1 Å². The molecule has 92 valence electrons. The Hall–Kier alpha value is -0.570. The van der Waals surface area contributed by atoms with Crippen LogP contribution in [0.15, 0.2) is 0 Å². The van der Waals surface area contributed by atoms with Gasteiger partial charge in [0.05, 0.1) is 0 Å². The molecule has 0 saturated heterocycles. The summed E-state index contributed by atoms with van der Waals surface area (Å²) in [5, 5.41) is 3.22. The molecule has 3 nitrogen and oxygen atoms in total. The second-order valence-electron chi connectivity index (χ2n) is 5.38. The summed E-state index contributed by atoms with van der Waals surface area (Å²) in [5.41, 5.74) is 5.76. The summed E-state index contributed by atoms with van der Waals surface area (Å²) in [7, 11) is 0. The summed E-state index contributed by atoms with van der Waals surface area (Å²) in [5.74, 6) is 0.900. The van der Waals surface area contributed by atoms with Crippen LogP contribution >= 0.6 is 0 Å².